The first kappa shape index (κ1) is 15.2. The smallest absolute Gasteiger partial charge is 0.328 e. The van der Waals surface area contributed by atoms with E-state index >= 15 is 0 Å². The highest BCUT2D eigenvalue weighted by molar-refractivity contribution is 8.00. The zero-order valence-corrected chi connectivity index (χ0v) is 11.4. The Morgan fingerprint density at radius 3 is 2.40 bits per heavy atom. The molecular formula is C13H15F3N2OS. The van der Waals surface area contributed by atoms with E-state index in [4.69, 9.17) is 5.73 Å². The number of hydrogen-bond acceptors (Lipinski definition) is 3. The lowest BCUT2D eigenvalue weighted by molar-refractivity contribution is -0.119. The number of benzene rings is 1. The third kappa shape index (κ3) is 4.42. The van der Waals surface area contributed by atoms with Crippen LogP contribution in [0.2, 0.25) is 0 Å². The highest BCUT2D eigenvalue weighted by atomic mass is 32.2. The predicted octanol–water partition coefficient (Wildman–Crippen LogP) is 3.36. The van der Waals surface area contributed by atoms with E-state index in [1.807, 2.05) is 0 Å². The second-order valence-corrected chi connectivity index (χ2v) is 5.97. The van der Waals surface area contributed by atoms with Crippen LogP contribution in [0.4, 0.5) is 18.9 Å². The maximum absolute atomic E-state index is 12.2. The molecule has 3 nitrogen and oxygen atoms in total. The first-order chi connectivity index (χ1) is 9.33. The molecule has 1 aliphatic rings. The molecule has 0 radical (unpaired) electrons. The van der Waals surface area contributed by atoms with Gasteiger partial charge in [0.15, 0.2) is 0 Å². The largest absolute Gasteiger partial charge is 0.446 e. The molecule has 3 N–H and O–H groups in total. The van der Waals surface area contributed by atoms with Crippen LogP contribution >= 0.6 is 11.8 Å². The average Bonchev–Trinajstić information content (AvgIpc) is 2.77. The third-order valence-electron chi connectivity index (χ3n) is 3.20. The Balaban J connectivity index is 1.92. The molecule has 1 fully saturated rings. The van der Waals surface area contributed by atoms with Gasteiger partial charge in [-0.25, -0.2) is 0 Å². The van der Waals surface area contributed by atoms with Gasteiger partial charge in [0.05, 0.1) is 0 Å². The van der Waals surface area contributed by atoms with E-state index in [1.54, 1.807) is 0 Å². The van der Waals surface area contributed by atoms with E-state index in [0.29, 0.717) is 12.1 Å². The molecule has 1 aromatic rings. The van der Waals surface area contributed by atoms with Gasteiger partial charge >= 0.3 is 5.51 Å². The number of amides is 1. The number of thioether (sulfide) groups is 1. The van der Waals surface area contributed by atoms with Crippen molar-refractivity contribution in [2.45, 2.75) is 35.7 Å². The van der Waals surface area contributed by atoms with Gasteiger partial charge < -0.3 is 11.1 Å². The number of rotatable bonds is 3. The monoisotopic (exact) mass is 304 g/mol. The summed E-state index contributed by atoms with van der Waals surface area (Å²) in [5.74, 6) is -0.219. The lowest BCUT2D eigenvalue weighted by Gasteiger charge is -2.11. The van der Waals surface area contributed by atoms with Gasteiger partial charge in [-0.05, 0) is 55.3 Å². The van der Waals surface area contributed by atoms with Gasteiger partial charge in [0, 0.05) is 22.5 Å². The van der Waals surface area contributed by atoms with Crippen molar-refractivity contribution < 1.29 is 18.0 Å². The van der Waals surface area contributed by atoms with E-state index in [2.05, 4.69) is 5.32 Å². The van der Waals surface area contributed by atoms with Crippen LogP contribution in [0.3, 0.4) is 0 Å². The van der Waals surface area contributed by atoms with Crippen LogP contribution < -0.4 is 11.1 Å². The lowest BCUT2D eigenvalue weighted by Crippen LogP contribution is -2.23. The summed E-state index contributed by atoms with van der Waals surface area (Å²) in [4.78, 5) is 12.0. The van der Waals surface area contributed by atoms with Crippen LogP contribution in [0.15, 0.2) is 29.2 Å². The molecule has 0 aliphatic heterocycles. The topological polar surface area (TPSA) is 55.1 Å². The van der Waals surface area contributed by atoms with E-state index in [0.717, 1.165) is 12.8 Å². The molecule has 0 heterocycles. The number of alkyl halides is 3. The van der Waals surface area contributed by atoms with Crippen molar-refractivity contribution in [3.05, 3.63) is 24.3 Å². The van der Waals surface area contributed by atoms with Crippen molar-refractivity contribution in [2.75, 3.05) is 5.32 Å². The van der Waals surface area contributed by atoms with Crippen LogP contribution in [0.25, 0.3) is 0 Å². The van der Waals surface area contributed by atoms with Gasteiger partial charge in [-0.1, -0.05) is 0 Å². The van der Waals surface area contributed by atoms with Crippen LogP contribution in [0.5, 0.6) is 0 Å². The number of carbonyl (C=O) groups excluding carboxylic acids is 1. The van der Waals surface area contributed by atoms with E-state index in [-0.39, 0.29) is 34.5 Å². The quantitative estimate of drug-likeness (QED) is 0.842. The van der Waals surface area contributed by atoms with Crippen molar-refractivity contribution in [1.29, 1.82) is 0 Å². The Hall–Kier alpha value is -1.21. The number of carbonyl (C=O) groups is 1. The normalized spacial score (nSPS) is 22.8. The Kier molecular flexibility index (Phi) is 4.59. The van der Waals surface area contributed by atoms with Gasteiger partial charge in [0.25, 0.3) is 0 Å². The molecule has 0 bridgehead atoms. The molecule has 2 atom stereocenters. The van der Waals surface area contributed by atoms with Gasteiger partial charge in [0.2, 0.25) is 5.91 Å². The summed E-state index contributed by atoms with van der Waals surface area (Å²) in [5.41, 5.74) is 1.95. The van der Waals surface area contributed by atoms with Crippen LogP contribution in [-0.2, 0) is 4.79 Å². The molecule has 2 unspecified atom stereocenters. The summed E-state index contributed by atoms with van der Waals surface area (Å²) < 4.78 is 36.5. The minimum Gasteiger partial charge on any atom is -0.328 e. The second kappa shape index (κ2) is 6.05. The summed E-state index contributed by atoms with van der Waals surface area (Å²) in [7, 11) is 0. The zero-order chi connectivity index (χ0) is 14.8. The summed E-state index contributed by atoms with van der Waals surface area (Å²) in [5, 5.41) is 2.71. The Morgan fingerprint density at radius 2 is 1.90 bits per heavy atom. The first-order valence-electron chi connectivity index (χ1n) is 6.26. The standard InChI is InChI=1S/C13H15F3N2OS/c14-13(15,16)20-11-5-3-10(4-6-11)18-12(19)8-1-2-9(17)7-8/h3-6,8-9H,1-2,7,17H2,(H,18,19). The van der Waals surface area contributed by atoms with Crippen LogP contribution in [0, 0.1) is 5.92 Å². The average molecular weight is 304 g/mol. The van der Waals surface area contributed by atoms with E-state index in [9.17, 15) is 18.0 Å². The SMILES string of the molecule is NC1CCC(C(=O)Nc2ccc(SC(F)(F)F)cc2)C1. The molecule has 2 rings (SSSR count). The summed E-state index contributed by atoms with van der Waals surface area (Å²) in [6.45, 7) is 0. The van der Waals surface area contributed by atoms with Gasteiger partial charge in [-0.2, -0.15) is 13.2 Å². The molecule has 20 heavy (non-hydrogen) atoms. The van der Waals surface area contributed by atoms with Crippen molar-refractivity contribution in [3.63, 3.8) is 0 Å². The van der Waals surface area contributed by atoms with Gasteiger partial charge in [0.1, 0.15) is 0 Å². The number of nitrogens with one attached hydrogen (secondary N) is 1. The summed E-state index contributed by atoms with van der Waals surface area (Å²) >= 11 is -0.175. The van der Waals surface area contributed by atoms with Crippen LogP contribution in [-0.4, -0.2) is 17.5 Å². The third-order valence-corrected chi connectivity index (χ3v) is 3.94. The Labute approximate surface area is 119 Å². The fraction of sp³-hybridized carbons (Fsp3) is 0.462. The van der Waals surface area contributed by atoms with Crippen molar-refractivity contribution >= 4 is 23.4 Å². The molecule has 1 saturated carbocycles. The fourth-order valence-corrected chi connectivity index (χ4v) is 2.78. The van der Waals surface area contributed by atoms with E-state index in [1.165, 1.54) is 24.3 Å². The lowest BCUT2D eigenvalue weighted by atomic mass is 10.1. The van der Waals surface area contributed by atoms with Crippen molar-refractivity contribution in [3.8, 4) is 0 Å². The highest BCUT2D eigenvalue weighted by Gasteiger charge is 2.29. The van der Waals surface area contributed by atoms with E-state index < -0.39 is 5.51 Å². The molecule has 1 aliphatic carbocycles. The maximum Gasteiger partial charge on any atom is 0.446 e. The fourth-order valence-electron chi connectivity index (χ4n) is 2.24. The second-order valence-electron chi connectivity index (χ2n) is 4.83. The first-order valence-corrected chi connectivity index (χ1v) is 7.07. The molecular weight excluding hydrogens is 289 g/mol. The Morgan fingerprint density at radius 1 is 1.25 bits per heavy atom. The molecule has 7 heteroatoms. The predicted molar refractivity (Wildman–Crippen MR) is 72.3 cm³/mol. The molecule has 0 aromatic heterocycles. The molecule has 110 valence electrons. The van der Waals surface area contributed by atoms with Crippen LogP contribution in [0.1, 0.15) is 19.3 Å². The minimum absolute atomic E-state index is 0.0660. The highest BCUT2D eigenvalue weighted by Crippen LogP contribution is 2.37. The molecule has 1 amide bonds. The molecule has 1 aromatic carbocycles. The van der Waals surface area contributed by atoms with Gasteiger partial charge in [-0.15, -0.1) is 0 Å². The number of nitrogens with two attached hydrogens (primary N) is 1. The van der Waals surface area contributed by atoms with Crippen molar-refractivity contribution in [1.82, 2.24) is 0 Å². The van der Waals surface area contributed by atoms with Crippen molar-refractivity contribution in [2.24, 2.45) is 11.7 Å². The number of anilines is 1. The van der Waals surface area contributed by atoms with Gasteiger partial charge in [-0.3, -0.25) is 4.79 Å². The molecule has 0 spiro atoms. The summed E-state index contributed by atoms with van der Waals surface area (Å²) in [6.07, 6.45) is 2.25. The maximum atomic E-state index is 12.2. The Bertz CT molecular complexity index is 475. The zero-order valence-electron chi connectivity index (χ0n) is 10.6. The molecule has 0 saturated heterocycles. The summed E-state index contributed by atoms with van der Waals surface area (Å²) in [6, 6.07) is 5.70. The number of hydrogen-bond donors (Lipinski definition) is 2. The minimum atomic E-state index is -4.30. The number of halogens is 3.